The summed E-state index contributed by atoms with van der Waals surface area (Å²) in [7, 11) is 0. The number of carbonyl (C=O) groups excluding carboxylic acids is 1. The number of hydrogen-bond donors (Lipinski definition) is 0. The third-order valence-electron chi connectivity index (χ3n) is 2.27. The van der Waals surface area contributed by atoms with Crippen LogP contribution in [0.5, 0.6) is 0 Å². The number of hydrogen-bond acceptors (Lipinski definition) is 2. The summed E-state index contributed by atoms with van der Waals surface area (Å²) in [4.78, 5) is 12.2. The molecule has 12 heavy (non-hydrogen) atoms. The van der Waals surface area contributed by atoms with E-state index < -0.39 is 0 Å². The van der Waals surface area contributed by atoms with Crippen molar-refractivity contribution in [1.29, 1.82) is 0 Å². The number of Topliss-reactive ketones (excluding diaryl/α,β-unsaturated/α-hetero) is 1. The Kier molecular flexibility index (Phi) is 1.97. The molecule has 0 amide bonds. The summed E-state index contributed by atoms with van der Waals surface area (Å²) >= 11 is 7.39. The number of carbonyl (C=O) groups is 1. The highest BCUT2D eigenvalue weighted by Crippen LogP contribution is 2.50. The summed E-state index contributed by atoms with van der Waals surface area (Å²) in [6.07, 6.45) is 1.02. The minimum Gasteiger partial charge on any atom is -0.300 e. The van der Waals surface area contributed by atoms with E-state index >= 15 is 0 Å². The summed E-state index contributed by atoms with van der Waals surface area (Å²) in [5.41, 5.74) is 0. The van der Waals surface area contributed by atoms with Gasteiger partial charge in [-0.2, -0.15) is 0 Å². The van der Waals surface area contributed by atoms with Gasteiger partial charge in [-0.15, -0.1) is 11.3 Å². The van der Waals surface area contributed by atoms with Crippen molar-refractivity contribution >= 4 is 28.7 Å². The van der Waals surface area contributed by atoms with E-state index in [0.717, 1.165) is 10.8 Å². The highest BCUT2D eigenvalue weighted by molar-refractivity contribution is 7.16. The van der Waals surface area contributed by atoms with Crippen molar-refractivity contribution < 1.29 is 4.79 Å². The molecule has 3 heteroatoms. The van der Waals surface area contributed by atoms with Crippen molar-refractivity contribution in [2.24, 2.45) is 5.92 Å². The van der Waals surface area contributed by atoms with Gasteiger partial charge >= 0.3 is 0 Å². The van der Waals surface area contributed by atoms with Crippen LogP contribution in [0.2, 0.25) is 4.34 Å². The molecule has 2 rings (SSSR count). The van der Waals surface area contributed by atoms with E-state index in [9.17, 15) is 4.79 Å². The fourth-order valence-corrected chi connectivity index (χ4v) is 2.73. The molecule has 1 fully saturated rings. The van der Waals surface area contributed by atoms with Crippen LogP contribution in [0.25, 0.3) is 0 Å². The second-order valence-electron chi connectivity index (χ2n) is 3.20. The maximum Gasteiger partial charge on any atom is 0.133 e. The van der Waals surface area contributed by atoms with E-state index in [1.54, 1.807) is 18.3 Å². The molecular weight excluding hydrogens is 192 g/mol. The highest BCUT2D eigenvalue weighted by atomic mass is 35.5. The topological polar surface area (TPSA) is 17.1 Å². The first-order chi connectivity index (χ1) is 5.68. The molecular formula is C9H9ClOS. The molecule has 1 nitrogen and oxygen atoms in total. The van der Waals surface area contributed by atoms with Crippen LogP contribution in [0.3, 0.4) is 0 Å². The molecule has 64 valence electrons. The first-order valence-corrected chi connectivity index (χ1v) is 5.13. The van der Waals surface area contributed by atoms with E-state index in [4.69, 9.17) is 11.6 Å². The quantitative estimate of drug-likeness (QED) is 0.717. The summed E-state index contributed by atoms with van der Waals surface area (Å²) < 4.78 is 0.819. The Balaban J connectivity index is 2.10. The molecule has 1 aliphatic carbocycles. The number of halogens is 1. The van der Waals surface area contributed by atoms with Gasteiger partial charge in [0.05, 0.1) is 4.34 Å². The van der Waals surface area contributed by atoms with Gasteiger partial charge in [0.15, 0.2) is 0 Å². The molecule has 0 aliphatic heterocycles. The van der Waals surface area contributed by atoms with Crippen LogP contribution in [0, 0.1) is 5.92 Å². The van der Waals surface area contributed by atoms with Crippen LogP contribution < -0.4 is 0 Å². The van der Waals surface area contributed by atoms with Crippen molar-refractivity contribution in [3.63, 3.8) is 0 Å². The van der Waals surface area contributed by atoms with Gasteiger partial charge in [-0.05, 0) is 25.5 Å². The van der Waals surface area contributed by atoms with Crippen molar-refractivity contribution in [2.45, 2.75) is 19.3 Å². The SMILES string of the molecule is CC(=O)[C@H]1C[C@@H]1c1ccc(Cl)s1. The predicted octanol–water partition coefficient (Wildman–Crippen LogP) is 3.09. The maximum atomic E-state index is 11.0. The molecule has 0 N–H and O–H groups in total. The lowest BCUT2D eigenvalue weighted by molar-refractivity contribution is -0.118. The van der Waals surface area contributed by atoms with Gasteiger partial charge in [0.25, 0.3) is 0 Å². The Hall–Kier alpha value is -0.340. The smallest absolute Gasteiger partial charge is 0.133 e. The molecule has 1 aromatic heterocycles. The van der Waals surface area contributed by atoms with E-state index in [-0.39, 0.29) is 5.92 Å². The van der Waals surface area contributed by atoms with Crippen molar-refractivity contribution in [3.05, 3.63) is 21.3 Å². The van der Waals surface area contributed by atoms with E-state index in [1.165, 1.54) is 4.88 Å². The first-order valence-electron chi connectivity index (χ1n) is 3.94. The third kappa shape index (κ3) is 1.41. The molecule has 0 radical (unpaired) electrons. The van der Waals surface area contributed by atoms with Crippen LogP contribution in [0.15, 0.2) is 12.1 Å². The molecule has 2 atom stereocenters. The summed E-state index contributed by atoms with van der Waals surface area (Å²) in [5, 5.41) is 0. The molecule has 0 bridgehead atoms. The standard InChI is InChI=1S/C9H9ClOS/c1-5(11)6-4-7(6)8-2-3-9(10)12-8/h2-3,6-7H,4H2,1H3/t6-,7+/m1/s1. The van der Waals surface area contributed by atoms with Crippen LogP contribution in [-0.4, -0.2) is 5.78 Å². The first kappa shape index (κ1) is 8.27. The Morgan fingerprint density at radius 3 is 2.83 bits per heavy atom. The van der Waals surface area contributed by atoms with Gasteiger partial charge in [-0.25, -0.2) is 0 Å². The highest BCUT2D eigenvalue weighted by Gasteiger charge is 2.42. The molecule has 0 unspecified atom stereocenters. The molecule has 1 saturated carbocycles. The van der Waals surface area contributed by atoms with Gasteiger partial charge in [-0.1, -0.05) is 11.6 Å². The zero-order chi connectivity index (χ0) is 8.72. The lowest BCUT2D eigenvalue weighted by atomic mass is 10.2. The molecule has 0 spiro atoms. The van der Waals surface area contributed by atoms with Crippen LogP contribution in [0.1, 0.15) is 24.1 Å². The second kappa shape index (κ2) is 2.86. The minimum absolute atomic E-state index is 0.278. The molecule has 1 aliphatic rings. The van der Waals surface area contributed by atoms with Crippen molar-refractivity contribution in [1.82, 2.24) is 0 Å². The van der Waals surface area contributed by atoms with E-state index in [1.807, 2.05) is 12.1 Å². The zero-order valence-electron chi connectivity index (χ0n) is 6.71. The number of rotatable bonds is 2. The lowest BCUT2D eigenvalue weighted by Crippen LogP contribution is -1.93. The molecule has 0 saturated heterocycles. The average molecular weight is 201 g/mol. The summed E-state index contributed by atoms with van der Waals surface area (Å²) in [6, 6.07) is 3.93. The van der Waals surface area contributed by atoms with Crippen LogP contribution in [-0.2, 0) is 4.79 Å². The second-order valence-corrected chi connectivity index (χ2v) is 4.95. The van der Waals surface area contributed by atoms with Gasteiger partial charge in [-0.3, -0.25) is 4.79 Å². The van der Waals surface area contributed by atoms with Gasteiger partial charge in [0.1, 0.15) is 5.78 Å². The third-order valence-corrected chi connectivity index (χ3v) is 3.64. The van der Waals surface area contributed by atoms with Gasteiger partial charge in [0, 0.05) is 16.7 Å². The largest absolute Gasteiger partial charge is 0.300 e. The summed E-state index contributed by atoms with van der Waals surface area (Å²) in [5.74, 6) is 1.06. The number of ketones is 1. The monoisotopic (exact) mass is 200 g/mol. The van der Waals surface area contributed by atoms with Crippen LogP contribution >= 0.6 is 22.9 Å². The predicted molar refractivity (Wildman–Crippen MR) is 50.9 cm³/mol. The minimum atomic E-state index is 0.278. The Labute approximate surface area is 80.4 Å². The zero-order valence-corrected chi connectivity index (χ0v) is 8.28. The average Bonchev–Trinajstić information content (AvgIpc) is 2.70. The van der Waals surface area contributed by atoms with Crippen LogP contribution in [0.4, 0.5) is 0 Å². The molecule has 1 heterocycles. The normalized spacial score (nSPS) is 27.2. The molecule has 0 aromatic carbocycles. The van der Waals surface area contributed by atoms with E-state index in [2.05, 4.69) is 0 Å². The number of thiophene rings is 1. The Bertz CT molecular complexity index is 318. The van der Waals surface area contributed by atoms with Gasteiger partial charge in [0.2, 0.25) is 0 Å². The van der Waals surface area contributed by atoms with Gasteiger partial charge < -0.3 is 0 Å². The Morgan fingerprint density at radius 2 is 2.42 bits per heavy atom. The fourth-order valence-electron chi connectivity index (χ4n) is 1.49. The fraction of sp³-hybridized carbons (Fsp3) is 0.444. The van der Waals surface area contributed by atoms with Crippen molar-refractivity contribution in [2.75, 3.05) is 0 Å². The van der Waals surface area contributed by atoms with E-state index in [0.29, 0.717) is 11.7 Å². The lowest BCUT2D eigenvalue weighted by Gasteiger charge is -1.90. The molecule has 1 aromatic rings. The van der Waals surface area contributed by atoms with Crippen molar-refractivity contribution in [3.8, 4) is 0 Å². The Morgan fingerprint density at radius 1 is 1.67 bits per heavy atom. The maximum absolute atomic E-state index is 11.0. The summed E-state index contributed by atoms with van der Waals surface area (Å²) in [6.45, 7) is 1.67.